The van der Waals surface area contributed by atoms with Crippen molar-refractivity contribution in [3.63, 3.8) is 0 Å². The largest absolute Gasteiger partial charge is 0.480 e. The summed E-state index contributed by atoms with van der Waals surface area (Å²) in [4.78, 5) is 36.0. The molecule has 0 spiro atoms. The van der Waals surface area contributed by atoms with Gasteiger partial charge < -0.3 is 15.7 Å². The van der Waals surface area contributed by atoms with Crippen LogP contribution in [0.5, 0.6) is 0 Å². The van der Waals surface area contributed by atoms with E-state index in [1.54, 1.807) is 20.8 Å². The molecule has 1 atom stereocenters. The molecule has 0 aromatic heterocycles. The molecule has 1 aromatic rings. The first kappa shape index (κ1) is 22.4. The van der Waals surface area contributed by atoms with Gasteiger partial charge in [0.1, 0.15) is 11.8 Å². The third-order valence-electron chi connectivity index (χ3n) is 4.33. The van der Waals surface area contributed by atoms with Gasteiger partial charge in [0.05, 0.1) is 5.54 Å². The number of aliphatic carboxylic acids is 1. The lowest BCUT2D eigenvalue weighted by atomic mass is 9.87. The number of carbonyl (C=O) groups is 3. The summed E-state index contributed by atoms with van der Waals surface area (Å²) in [5.74, 6) is -1.48. The Kier molecular flexibility index (Phi) is 6.95. The number of nitrogens with one attached hydrogen (secondary N) is 2. The fourth-order valence-corrected chi connectivity index (χ4v) is 2.42. The van der Waals surface area contributed by atoms with Crippen molar-refractivity contribution in [2.24, 2.45) is 5.41 Å². The number of rotatable bonds is 7. The van der Waals surface area contributed by atoms with Crippen molar-refractivity contribution in [1.29, 1.82) is 0 Å². The van der Waals surface area contributed by atoms with Gasteiger partial charge in [-0.2, -0.15) is 0 Å². The van der Waals surface area contributed by atoms with Crippen LogP contribution < -0.4 is 10.6 Å². The average Bonchev–Trinajstić information content (AvgIpc) is 2.52. The smallest absolute Gasteiger partial charge is 0.326 e. The molecule has 0 radical (unpaired) electrons. The first-order valence-corrected chi connectivity index (χ1v) is 8.85. The lowest BCUT2D eigenvalue weighted by Crippen LogP contribution is -2.52. The summed E-state index contributed by atoms with van der Waals surface area (Å²) in [6.45, 7) is 14.6. The molecule has 3 N–H and O–H groups in total. The molecule has 0 bridgehead atoms. The van der Waals surface area contributed by atoms with E-state index in [1.807, 2.05) is 45.0 Å². The Morgan fingerprint density at radius 1 is 1.15 bits per heavy atom. The van der Waals surface area contributed by atoms with E-state index in [1.165, 1.54) is 0 Å². The number of hydrogen-bond donors (Lipinski definition) is 3. The van der Waals surface area contributed by atoms with Crippen LogP contribution in [0.2, 0.25) is 0 Å². The van der Waals surface area contributed by atoms with Crippen LogP contribution in [0.3, 0.4) is 0 Å². The monoisotopic (exact) mass is 374 g/mol. The average molecular weight is 374 g/mol. The highest BCUT2D eigenvalue weighted by Gasteiger charge is 2.31. The molecule has 0 heterocycles. The summed E-state index contributed by atoms with van der Waals surface area (Å²) in [6.07, 6.45) is -0.266. The van der Waals surface area contributed by atoms with Crippen LogP contribution in [0.1, 0.15) is 59.1 Å². The first-order valence-electron chi connectivity index (χ1n) is 8.85. The van der Waals surface area contributed by atoms with Gasteiger partial charge in [-0.3, -0.25) is 4.79 Å². The number of carboxylic acid groups (broad SMARTS) is 1. The maximum Gasteiger partial charge on any atom is 0.326 e. The van der Waals surface area contributed by atoms with Gasteiger partial charge in [0.15, 0.2) is 0 Å². The number of urea groups is 1. The van der Waals surface area contributed by atoms with E-state index in [-0.39, 0.29) is 12.2 Å². The highest BCUT2D eigenvalue weighted by Crippen LogP contribution is 2.23. The van der Waals surface area contributed by atoms with E-state index in [9.17, 15) is 19.5 Å². The Hall–Kier alpha value is -2.63. The second kappa shape index (κ2) is 8.37. The maximum atomic E-state index is 12.4. The van der Waals surface area contributed by atoms with Crippen molar-refractivity contribution in [2.75, 3.05) is 0 Å². The van der Waals surface area contributed by atoms with Crippen molar-refractivity contribution in [2.45, 2.75) is 59.5 Å². The van der Waals surface area contributed by atoms with Crippen molar-refractivity contribution < 1.29 is 19.5 Å². The summed E-state index contributed by atoms with van der Waals surface area (Å²) in [6, 6.07) is 5.69. The molecule has 0 saturated heterocycles. The molecule has 0 aliphatic rings. The van der Waals surface area contributed by atoms with Gasteiger partial charge in [-0.05, 0) is 38.0 Å². The van der Waals surface area contributed by atoms with Crippen molar-refractivity contribution in [1.82, 2.24) is 10.6 Å². The fourth-order valence-electron chi connectivity index (χ4n) is 2.42. The molecular formula is C21H30N2O4. The van der Waals surface area contributed by atoms with Gasteiger partial charge in [0.2, 0.25) is 0 Å². The summed E-state index contributed by atoms with van der Waals surface area (Å²) in [7, 11) is 0. The van der Waals surface area contributed by atoms with Crippen molar-refractivity contribution >= 4 is 23.4 Å². The van der Waals surface area contributed by atoms with Crippen LogP contribution in [-0.2, 0) is 15.1 Å². The van der Waals surface area contributed by atoms with Gasteiger partial charge >= 0.3 is 12.0 Å². The van der Waals surface area contributed by atoms with Crippen LogP contribution in [0.25, 0.3) is 5.57 Å². The van der Waals surface area contributed by atoms with Gasteiger partial charge in [0, 0.05) is 11.8 Å². The van der Waals surface area contributed by atoms with Crippen LogP contribution >= 0.6 is 0 Å². The van der Waals surface area contributed by atoms with Gasteiger partial charge in [-0.25, -0.2) is 9.59 Å². The number of hydrogen-bond acceptors (Lipinski definition) is 3. The predicted octanol–water partition coefficient (Wildman–Crippen LogP) is 3.71. The number of Topliss-reactive ketones (excluding diaryl/α,β-unsaturated/α-hetero) is 1. The highest BCUT2D eigenvalue weighted by atomic mass is 16.4. The third kappa shape index (κ3) is 6.55. The minimum absolute atomic E-state index is 0.233. The Morgan fingerprint density at radius 3 is 2.22 bits per heavy atom. The zero-order valence-corrected chi connectivity index (χ0v) is 17.0. The Balaban J connectivity index is 2.89. The van der Waals surface area contributed by atoms with E-state index in [0.717, 1.165) is 16.7 Å². The molecule has 6 nitrogen and oxygen atoms in total. The number of allylic oxidation sites excluding steroid dienone is 1. The Bertz CT molecular complexity index is 745. The number of amides is 2. The van der Waals surface area contributed by atoms with Crippen LogP contribution in [0.15, 0.2) is 30.8 Å². The molecular weight excluding hydrogens is 344 g/mol. The molecule has 1 unspecified atom stereocenters. The Labute approximate surface area is 161 Å². The summed E-state index contributed by atoms with van der Waals surface area (Å²) >= 11 is 0. The number of carbonyl (C=O) groups excluding carboxylic acids is 2. The zero-order chi connectivity index (χ0) is 21.0. The van der Waals surface area contributed by atoms with Gasteiger partial charge in [-0.15, -0.1) is 0 Å². The minimum atomic E-state index is -1.28. The molecule has 0 aliphatic heterocycles. The summed E-state index contributed by atoms with van der Waals surface area (Å²) < 4.78 is 0. The quantitative estimate of drug-likeness (QED) is 0.678. The lowest BCUT2D eigenvalue weighted by molar-refractivity contribution is -0.142. The van der Waals surface area contributed by atoms with Crippen LogP contribution in [-0.4, -0.2) is 28.9 Å². The second-order valence-electron chi connectivity index (χ2n) is 8.35. The van der Waals surface area contributed by atoms with Gasteiger partial charge in [-0.1, -0.05) is 51.1 Å². The van der Waals surface area contributed by atoms with E-state index >= 15 is 0 Å². The molecule has 0 saturated carbocycles. The van der Waals surface area contributed by atoms with Crippen molar-refractivity contribution in [3.05, 3.63) is 42.0 Å². The maximum absolute atomic E-state index is 12.4. The molecule has 0 fully saturated rings. The molecule has 1 aromatic carbocycles. The Morgan fingerprint density at radius 2 is 1.74 bits per heavy atom. The van der Waals surface area contributed by atoms with Gasteiger partial charge in [0.25, 0.3) is 0 Å². The standard InChI is InChI=1S/C21H30N2O4/c1-13(2)14-9-8-10-15(11-14)21(6,7)23-19(27)22-16(18(25)26)12-17(24)20(3,4)5/h8-11,16H,1,12H2,2-7H3,(H,25,26)(H2,22,23,27). The zero-order valence-electron chi connectivity index (χ0n) is 17.0. The minimum Gasteiger partial charge on any atom is -0.480 e. The van der Waals surface area contributed by atoms with Crippen molar-refractivity contribution in [3.8, 4) is 0 Å². The van der Waals surface area contributed by atoms with E-state index in [4.69, 9.17) is 0 Å². The normalized spacial score (nSPS) is 12.8. The van der Waals surface area contributed by atoms with E-state index in [2.05, 4.69) is 17.2 Å². The first-order chi connectivity index (χ1) is 12.2. The van der Waals surface area contributed by atoms with E-state index < -0.39 is 29.0 Å². The second-order valence-corrected chi connectivity index (χ2v) is 8.35. The lowest BCUT2D eigenvalue weighted by Gasteiger charge is -2.29. The molecule has 27 heavy (non-hydrogen) atoms. The summed E-state index contributed by atoms with van der Waals surface area (Å²) in [5, 5.41) is 14.5. The topological polar surface area (TPSA) is 95.5 Å². The number of ketones is 1. The molecule has 0 aliphatic carbocycles. The van der Waals surface area contributed by atoms with Crippen LogP contribution in [0, 0.1) is 5.41 Å². The summed E-state index contributed by atoms with van der Waals surface area (Å²) in [5.41, 5.74) is 1.31. The third-order valence-corrected chi connectivity index (χ3v) is 4.33. The molecule has 6 heteroatoms. The SMILES string of the molecule is C=C(C)c1cccc(C(C)(C)NC(=O)NC(CC(=O)C(C)(C)C)C(=O)O)c1. The fraction of sp³-hybridized carbons (Fsp3) is 0.476. The predicted molar refractivity (Wildman–Crippen MR) is 106 cm³/mol. The molecule has 2 amide bonds. The van der Waals surface area contributed by atoms with Crippen LogP contribution in [0.4, 0.5) is 4.79 Å². The number of benzene rings is 1. The molecule has 1 rings (SSSR count). The highest BCUT2D eigenvalue weighted by molar-refractivity contribution is 5.91. The number of carboxylic acids is 1. The molecule has 148 valence electrons. The van der Waals surface area contributed by atoms with E-state index in [0.29, 0.717) is 0 Å².